The van der Waals surface area contributed by atoms with E-state index in [-0.39, 0.29) is 18.9 Å². The molecule has 1 N–H and O–H groups in total. The zero-order valence-corrected chi connectivity index (χ0v) is 23.0. The molecule has 0 spiro atoms. The lowest BCUT2D eigenvalue weighted by Gasteiger charge is -2.19. The van der Waals surface area contributed by atoms with Crippen LogP contribution in [0.2, 0.25) is 0 Å². The van der Waals surface area contributed by atoms with Gasteiger partial charge in [0.15, 0.2) is 0 Å². The quantitative estimate of drug-likeness (QED) is 0.236. The predicted molar refractivity (Wildman–Crippen MR) is 151 cm³/mol. The highest BCUT2D eigenvalue weighted by molar-refractivity contribution is 5.93. The molecule has 0 saturated carbocycles. The van der Waals surface area contributed by atoms with E-state index in [1.165, 1.54) is 11.7 Å². The highest BCUT2D eigenvalue weighted by atomic mass is 16.6. The second-order valence-corrected chi connectivity index (χ2v) is 10.8. The maximum absolute atomic E-state index is 13.0. The summed E-state index contributed by atoms with van der Waals surface area (Å²) in [5, 5.41) is 3.43. The van der Waals surface area contributed by atoms with E-state index < -0.39 is 29.8 Å². The van der Waals surface area contributed by atoms with E-state index >= 15 is 0 Å². The van der Waals surface area contributed by atoms with Crippen LogP contribution in [0.3, 0.4) is 0 Å². The van der Waals surface area contributed by atoms with Gasteiger partial charge in [0, 0.05) is 23.9 Å². The van der Waals surface area contributed by atoms with Gasteiger partial charge in [-0.15, -0.1) is 0 Å². The zero-order valence-electron chi connectivity index (χ0n) is 23.0. The van der Waals surface area contributed by atoms with Crippen molar-refractivity contribution in [1.29, 1.82) is 0 Å². The molecule has 1 aromatic heterocycles. The van der Waals surface area contributed by atoms with Gasteiger partial charge in [0.05, 0.1) is 12.6 Å². The number of fused-ring (bicyclic) bond motifs is 4. The van der Waals surface area contributed by atoms with E-state index in [2.05, 4.69) is 17.4 Å². The minimum atomic E-state index is -1.03. The van der Waals surface area contributed by atoms with Gasteiger partial charge in [0.1, 0.15) is 18.2 Å². The van der Waals surface area contributed by atoms with Crippen LogP contribution in [0.1, 0.15) is 43.4 Å². The van der Waals surface area contributed by atoms with Crippen LogP contribution >= 0.6 is 0 Å². The van der Waals surface area contributed by atoms with E-state index in [9.17, 15) is 14.4 Å². The molecule has 0 radical (unpaired) electrons. The number of esters is 1. The van der Waals surface area contributed by atoms with Crippen molar-refractivity contribution in [3.05, 3.63) is 95.7 Å². The van der Waals surface area contributed by atoms with Gasteiger partial charge < -0.3 is 19.5 Å². The largest absolute Gasteiger partial charge is 0.467 e. The molecular weight excluding hydrogens is 508 g/mol. The van der Waals surface area contributed by atoms with E-state index in [4.69, 9.17) is 14.2 Å². The first-order valence-electron chi connectivity index (χ1n) is 13.2. The lowest BCUT2D eigenvalue weighted by Crippen LogP contribution is -2.43. The van der Waals surface area contributed by atoms with E-state index in [0.717, 1.165) is 27.6 Å². The van der Waals surface area contributed by atoms with Crippen molar-refractivity contribution in [2.24, 2.45) is 0 Å². The molecule has 0 fully saturated rings. The first-order valence-corrected chi connectivity index (χ1v) is 13.2. The molecule has 3 aromatic carbocycles. The van der Waals surface area contributed by atoms with Crippen LogP contribution in [-0.4, -0.2) is 48.1 Å². The number of hydrogen-bond donors (Lipinski definition) is 1. The molecule has 0 unspecified atom stereocenters. The van der Waals surface area contributed by atoms with E-state index in [1.54, 1.807) is 33.0 Å². The minimum Gasteiger partial charge on any atom is -0.467 e. The number of methoxy groups -OCH3 is 1. The van der Waals surface area contributed by atoms with Crippen molar-refractivity contribution >= 4 is 29.1 Å². The number of ether oxygens (including phenoxy) is 3. The molecule has 1 heterocycles. The number of hydrogen-bond acceptors (Lipinski definition) is 6. The average molecular weight is 541 g/mol. The predicted octanol–water partition coefficient (Wildman–Crippen LogP) is 6.05. The van der Waals surface area contributed by atoms with Gasteiger partial charge in [-0.3, -0.25) is 4.57 Å². The summed E-state index contributed by atoms with van der Waals surface area (Å²) in [5.74, 6) is -0.732. The fourth-order valence-corrected chi connectivity index (χ4v) is 5.21. The summed E-state index contributed by atoms with van der Waals surface area (Å²) < 4.78 is 17.6. The lowest BCUT2D eigenvalue weighted by molar-refractivity contribution is -0.142. The van der Waals surface area contributed by atoms with Crippen LogP contribution in [0.25, 0.3) is 22.0 Å². The number of nitrogens with one attached hydrogen (secondary N) is 1. The van der Waals surface area contributed by atoms with Crippen molar-refractivity contribution in [3.8, 4) is 11.1 Å². The number of rotatable bonds is 6. The summed E-state index contributed by atoms with van der Waals surface area (Å²) >= 11 is 0. The van der Waals surface area contributed by atoms with Gasteiger partial charge in [-0.1, -0.05) is 66.7 Å². The molecule has 8 nitrogen and oxygen atoms in total. The Kier molecular flexibility index (Phi) is 7.34. The molecule has 1 aliphatic rings. The maximum atomic E-state index is 13.0. The van der Waals surface area contributed by atoms with Gasteiger partial charge in [-0.25, -0.2) is 14.4 Å². The van der Waals surface area contributed by atoms with E-state index in [0.29, 0.717) is 11.1 Å². The molecule has 0 saturated heterocycles. The second kappa shape index (κ2) is 10.9. The zero-order chi connectivity index (χ0) is 28.4. The lowest BCUT2D eigenvalue weighted by atomic mass is 9.98. The Bertz CT molecular complexity index is 1540. The minimum absolute atomic E-state index is 0.0905. The van der Waals surface area contributed by atoms with Crippen LogP contribution in [0.4, 0.5) is 9.59 Å². The van der Waals surface area contributed by atoms with Crippen molar-refractivity contribution in [2.75, 3.05) is 13.7 Å². The number of nitrogens with zero attached hydrogens (tertiary/aromatic N) is 1. The van der Waals surface area contributed by atoms with Crippen molar-refractivity contribution in [2.45, 2.75) is 44.8 Å². The Morgan fingerprint density at radius 2 is 1.50 bits per heavy atom. The molecule has 1 amide bonds. The monoisotopic (exact) mass is 540 g/mol. The Balaban J connectivity index is 1.33. The fraction of sp³-hybridized carbons (Fsp3) is 0.281. The first kappa shape index (κ1) is 27.0. The van der Waals surface area contributed by atoms with Crippen molar-refractivity contribution in [3.63, 3.8) is 0 Å². The van der Waals surface area contributed by atoms with Gasteiger partial charge >= 0.3 is 18.2 Å². The summed E-state index contributed by atoms with van der Waals surface area (Å²) in [6.45, 7) is 5.50. The van der Waals surface area contributed by atoms with Gasteiger partial charge in [-0.05, 0) is 54.7 Å². The van der Waals surface area contributed by atoms with Gasteiger partial charge in [0.2, 0.25) is 0 Å². The van der Waals surface area contributed by atoms with Crippen LogP contribution in [0, 0.1) is 0 Å². The summed E-state index contributed by atoms with van der Waals surface area (Å²) in [7, 11) is 1.26. The third-order valence-corrected chi connectivity index (χ3v) is 6.93. The molecular formula is C32H32N2O6. The molecule has 0 bridgehead atoms. The molecule has 0 aliphatic heterocycles. The Morgan fingerprint density at radius 3 is 2.12 bits per heavy atom. The number of amides is 1. The SMILES string of the molecule is COC(=O)[C@@H](Cc1cn(C(=O)OC(C)(C)C)c2ccccc12)NC(=O)OCC1c2ccccc2-c2ccccc21. The van der Waals surface area contributed by atoms with Crippen LogP contribution in [-0.2, 0) is 25.4 Å². The molecule has 40 heavy (non-hydrogen) atoms. The molecule has 5 rings (SSSR count). The highest BCUT2D eigenvalue weighted by Crippen LogP contribution is 2.44. The Labute approximate surface area is 232 Å². The number of aromatic nitrogens is 1. The normalized spacial score (nSPS) is 13.3. The fourth-order valence-electron chi connectivity index (χ4n) is 5.21. The van der Waals surface area contributed by atoms with Crippen LogP contribution in [0.15, 0.2) is 79.0 Å². The summed E-state index contributed by atoms with van der Waals surface area (Å²) in [6.07, 6.45) is 0.462. The summed E-state index contributed by atoms with van der Waals surface area (Å²) in [5.41, 5.74) is 5.07. The summed E-state index contributed by atoms with van der Waals surface area (Å²) in [6, 6.07) is 22.4. The van der Waals surface area contributed by atoms with Crippen molar-refractivity contribution in [1.82, 2.24) is 9.88 Å². The summed E-state index contributed by atoms with van der Waals surface area (Å²) in [4.78, 5) is 38.6. The smallest absolute Gasteiger partial charge is 0.419 e. The van der Waals surface area contributed by atoms with Gasteiger partial charge in [-0.2, -0.15) is 0 Å². The van der Waals surface area contributed by atoms with Crippen LogP contribution in [0.5, 0.6) is 0 Å². The Hall–Kier alpha value is -4.59. The van der Waals surface area contributed by atoms with Gasteiger partial charge in [0.25, 0.3) is 0 Å². The molecule has 8 heteroatoms. The standard InChI is InChI=1S/C32H32N2O6/c1-32(2,3)40-31(37)34-18-20(21-11-9-10-16-28(21)34)17-27(29(35)38-4)33-30(36)39-19-26-24-14-7-5-12-22(24)23-13-6-8-15-25(23)26/h5-16,18,26-27H,17,19H2,1-4H3,(H,33,36)/t27-/m1/s1. The third kappa shape index (κ3) is 5.43. The molecule has 206 valence electrons. The molecule has 1 aliphatic carbocycles. The molecule has 4 aromatic rings. The van der Waals surface area contributed by atoms with Crippen molar-refractivity contribution < 1.29 is 28.6 Å². The number of benzene rings is 3. The number of alkyl carbamates (subject to hydrolysis) is 1. The Morgan fingerprint density at radius 1 is 0.900 bits per heavy atom. The number of carbonyl (C=O) groups is 3. The number of para-hydroxylation sites is 1. The molecule has 1 atom stereocenters. The number of carbonyl (C=O) groups excluding carboxylic acids is 3. The maximum Gasteiger partial charge on any atom is 0.419 e. The average Bonchev–Trinajstić information content (AvgIpc) is 3.46. The first-order chi connectivity index (χ1) is 19.2. The van der Waals surface area contributed by atoms with E-state index in [1.807, 2.05) is 54.6 Å². The highest BCUT2D eigenvalue weighted by Gasteiger charge is 2.30. The second-order valence-electron chi connectivity index (χ2n) is 10.8. The third-order valence-electron chi connectivity index (χ3n) is 6.93. The topological polar surface area (TPSA) is 95.9 Å². The van der Waals surface area contributed by atoms with Crippen LogP contribution < -0.4 is 5.32 Å².